The molecule has 0 spiro atoms. The molecular weight excluding hydrogens is 347 g/mol. The van der Waals surface area contributed by atoms with Crippen molar-refractivity contribution in [3.63, 3.8) is 0 Å². The van der Waals surface area contributed by atoms with E-state index in [0.717, 1.165) is 17.0 Å². The summed E-state index contributed by atoms with van der Waals surface area (Å²) in [6.07, 6.45) is 1.05. The van der Waals surface area contributed by atoms with E-state index in [-0.39, 0.29) is 24.4 Å². The largest absolute Gasteiger partial charge is 0.497 e. The molecule has 0 aromatic heterocycles. The summed E-state index contributed by atoms with van der Waals surface area (Å²) in [7, 11) is 1.61. The highest BCUT2D eigenvalue weighted by Gasteiger charge is 2.19. The van der Waals surface area contributed by atoms with E-state index in [2.05, 4.69) is 10.3 Å². The molecule has 0 radical (unpaired) electrons. The van der Waals surface area contributed by atoms with Gasteiger partial charge in [0.1, 0.15) is 11.6 Å². The van der Waals surface area contributed by atoms with Crippen molar-refractivity contribution in [3.05, 3.63) is 53.8 Å². The van der Waals surface area contributed by atoms with Gasteiger partial charge in [-0.1, -0.05) is 6.07 Å². The van der Waals surface area contributed by atoms with Gasteiger partial charge in [0.15, 0.2) is 5.96 Å². The van der Waals surface area contributed by atoms with Crippen molar-refractivity contribution in [2.45, 2.75) is 25.5 Å². The number of hydrogen-bond donors (Lipinski definition) is 3. The zero-order chi connectivity index (χ0) is 19.2. The minimum atomic E-state index is -0.279. The van der Waals surface area contributed by atoms with Gasteiger partial charge < -0.3 is 25.8 Å². The van der Waals surface area contributed by atoms with Crippen LogP contribution in [-0.4, -0.2) is 37.4 Å². The number of ether oxygens (including phenoxy) is 1. The maximum absolute atomic E-state index is 14.5. The lowest BCUT2D eigenvalue weighted by atomic mass is 10.1. The van der Waals surface area contributed by atoms with Crippen molar-refractivity contribution in [3.8, 4) is 5.75 Å². The number of nitrogens with two attached hydrogens (primary N) is 1. The molecule has 1 aliphatic heterocycles. The Morgan fingerprint density at radius 1 is 1.26 bits per heavy atom. The lowest BCUT2D eigenvalue weighted by Crippen LogP contribution is -2.36. The molecule has 7 heteroatoms. The number of nitrogens with zero attached hydrogens (tertiary/aromatic N) is 2. The van der Waals surface area contributed by atoms with Gasteiger partial charge in [0.25, 0.3) is 0 Å². The van der Waals surface area contributed by atoms with E-state index in [1.54, 1.807) is 13.2 Å². The topological polar surface area (TPSA) is 83.1 Å². The summed E-state index contributed by atoms with van der Waals surface area (Å²) in [4.78, 5) is 6.23. The highest BCUT2D eigenvalue weighted by molar-refractivity contribution is 5.92. The number of aliphatic hydroxyl groups excluding tert-OH is 1. The third-order valence-corrected chi connectivity index (χ3v) is 4.61. The summed E-state index contributed by atoms with van der Waals surface area (Å²) in [6.45, 7) is 1.60. The van der Waals surface area contributed by atoms with Gasteiger partial charge in [-0.25, -0.2) is 9.38 Å². The van der Waals surface area contributed by atoms with E-state index in [4.69, 9.17) is 10.5 Å². The molecule has 0 bridgehead atoms. The molecule has 4 N–H and O–H groups in total. The number of rotatable bonds is 5. The van der Waals surface area contributed by atoms with Crippen molar-refractivity contribution in [2.24, 2.45) is 10.7 Å². The van der Waals surface area contributed by atoms with Crippen molar-refractivity contribution in [2.75, 3.05) is 30.4 Å². The Labute approximate surface area is 158 Å². The summed E-state index contributed by atoms with van der Waals surface area (Å²) >= 11 is 0. The summed E-state index contributed by atoms with van der Waals surface area (Å²) in [6, 6.07) is 12.4. The predicted octanol–water partition coefficient (Wildman–Crippen LogP) is 2.72. The van der Waals surface area contributed by atoms with Crippen molar-refractivity contribution >= 4 is 17.3 Å². The predicted molar refractivity (Wildman–Crippen MR) is 106 cm³/mol. The Morgan fingerprint density at radius 2 is 1.96 bits per heavy atom. The van der Waals surface area contributed by atoms with E-state index in [1.165, 1.54) is 6.07 Å². The van der Waals surface area contributed by atoms with Crippen LogP contribution in [0.25, 0.3) is 0 Å². The Morgan fingerprint density at radius 3 is 2.59 bits per heavy atom. The highest BCUT2D eigenvalue weighted by atomic mass is 19.1. The molecule has 2 aromatic rings. The number of anilines is 2. The summed E-state index contributed by atoms with van der Waals surface area (Å²) < 4.78 is 19.6. The lowest BCUT2D eigenvalue weighted by Gasteiger charge is -2.31. The fourth-order valence-electron chi connectivity index (χ4n) is 3.05. The molecule has 0 aliphatic carbocycles. The van der Waals surface area contributed by atoms with Crippen LogP contribution < -0.4 is 20.7 Å². The van der Waals surface area contributed by atoms with Crippen LogP contribution in [0.1, 0.15) is 18.4 Å². The smallest absolute Gasteiger partial charge is 0.193 e. The van der Waals surface area contributed by atoms with Gasteiger partial charge in [0.05, 0.1) is 25.4 Å². The van der Waals surface area contributed by atoms with Crippen LogP contribution >= 0.6 is 0 Å². The fourth-order valence-corrected chi connectivity index (χ4v) is 3.05. The first-order valence-corrected chi connectivity index (χ1v) is 8.97. The average molecular weight is 372 g/mol. The van der Waals surface area contributed by atoms with Crippen LogP contribution in [0.15, 0.2) is 47.5 Å². The quantitative estimate of drug-likeness (QED) is 0.555. The first-order chi connectivity index (χ1) is 13.0. The second kappa shape index (κ2) is 8.73. The number of halogens is 1. The second-order valence-corrected chi connectivity index (χ2v) is 6.56. The molecule has 1 aliphatic rings. The number of aliphatic imine (C=N–C) groups is 1. The van der Waals surface area contributed by atoms with Gasteiger partial charge in [-0.05, 0) is 54.8 Å². The molecular formula is C20H25FN4O2. The maximum Gasteiger partial charge on any atom is 0.193 e. The first-order valence-electron chi connectivity index (χ1n) is 8.97. The molecule has 1 heterocycles. The summed E-state index contributed by atoms with van der Waals surface area (Å²) in [5.74, 6) is 0.741. The van der Waals surface area contributed by atoms with E-state index in [1.807, 2.05) is 35.2 Å². The molecule has 3 rings (SSSR count). The molecule has 0 atom stereocenters. The Balaban J connectivity index is 1.59. The number of methoxy groups -OCH3 is 1. The number of aliphatic hydroxyl groups is 1. The minimum absolute atomic E-state index is 0.259. The van der Waals surface area contributed by atoms with Gasteiger partial charge >= 0.3 is 0 Å². The van der Waals surface area contributed by atoms with Crippen LogP contribution in [0.4, 0.5) is 15.8 Å². The zero-order valence-corrected chi connectivity index (χ0v) is 15.4. The number of benzene rings is 2. The van der Waals surface area contributed by atoms with E-state index < -0.39 is 0 Å². The average Bonchev–Trinajstić information content (AvgIpc) is 2.68. The standard InChI is InChI=1S/C20H25FN4O2/c1-27-17-5-3-15(4-6-17)24-20(22)23-13-14-2-7-19(18(21)12-14)25-10-8-16(26)9-11-25/h2-7,12,16,26H,8-11,13H2,1H3,(H3,22,23,24). The fraction of sp³-hybridized carbons (Fsp3) is 0.350. The van der Waals surface area contributed by atoms with Crippen molar-refractivity contribution in [1.82, 2.24) is 0 Å². The summed E-state index contributed by atoms with van der Waals surface area (Å²) in [5, 5.41) is 12.6. The number of guanidine groups is 1. The minimum Gasteiger partial charge on any atom is -0.497 e. The van der Waals surface area contributed by atoms with Gasteiger partial charge in [0, 0.05) is 18.8 Å². The molecule has 0 amide bonds. The molecule has 1 fully saturated rings. The van der Waals surface area contributed by atoms with Gasteiger partial charge in [-0.3, -0.25) is 0 Å². The molecule has 27 heavy (non-hydrogen) atoms. The van der Waals surface area contributed by atoms with Crippen LogP contribution in [0.3, 0.4) is 0 Å². The van der Waals surface area contributed by atoms with Gasteiger partial charge in [0.2, 0.25) is 0 Å². The van der Waals surface area contributed by atoms with Crippen LogP contribution in [-0.2, 0) is 6.54 Å². The number of nitrogens with one attached hydrogen (secondary N) is 1. The Hall–Kier alpha value is -2.80. The number of hydrogen-bond acceptors (Lipinski definition) is 4. The normalized spacial score (nSPS) is 15.7. The zero-order valence-electron chi connectivity index (χ0n) is 15.4. The van der Waals surface area contributed by atoms with E-state index in [0.29, 0.717) is 31.6 Å². The molecule has 0 saturated carbocycles. The van der Waals surface area contributed by atoms with E-state index >= 15 is 0 Å². The monoisotopic (exact) mass is 372 g/mol. The van der Waals surface area contributed by atoms with Crippen LogP contribution in [0.2, 0.25) is 0 Å². The Bertz CT molecular complexity index is 787. The van der Waals surface area contributed by atoms with Crippen LogP contribution in [0, 0.1) is 5.82 Å². The number of piperidine rings is 1. The first kappa shape index (κ1) is 19.0. The highest BCUT2D eigenvalue weighted by Crippen LogP contribution is 2.24. The Kier molecular flexibility index (Phi) is 6.13. The third kappa shape index (κ3) is 5.10. The third-order valence-electron chi connectivity index (χ3n) is 4.61. The second-order valence-electron chi connectivity index (χ2n) is 6.56. The van der Waals surface area contributed by atoms with Gasteiger partial charge in [-0.2, -0.15) is 0 Å². The lowest BCUT2D eigenvalue weighted by molar-refractivity contribution is 0.145. The molecule has 144 valence electrons. The van der Waals surface area contributed by atoms with Gasteiger partial charge in [-0.15, -0.1) is 0 Å². The molecule has 1 saturated heterocycles. The molecule has 6 nitrogen and oxygen atoms in total. The maximum atomic E-state index is 14.5. The molecule has 0 unspecified atom stereocenters. The molecule has 2 aromatic carbocycles. The van der Waals surface area contributed by atoms with Crippen molar-refractivity contribution < 1.29 is 14.2 Å². The van der Waals surface area contributed by atoms with E-state index in [9.17, 15) is 9.50 Å². The van der Waals surface area contributed by atoms with Crippen molar-refractivity contribution in [1.29, 1.82) is 0 Å². The SMILES string of the molecule is COc1ccc(NC(N)=NCc2ccc(N3CCC(O)CC3)c(F)c2)cc1. The van der Waals surface area contributed by atoms with Crippen LogP contribution in [0.5, 0.6) is 5.75 Å². The summed E-state index contributed by atoms with van der Waals surface area (Å²) in [5.41, 5.74) is 8.01.